The second-order valence-electron chi connectivity index (χ2n) is 4.27. The van der Waals surface area contributed by atoms with Gasteiger partial charge < -0.3 is 14.4 Å². The lowest BCUT2D eigenvalue weighted by Crippen LogP contribution is -2.26. The Morgan fingerprint density at radius 2 is 1.60 bits per heavy atom. The van der Waals surface area contributed by atoms with Gasteiger partial charge in [-0.1, -0.05) is 18.2 Å². The standard InChI is InChI=1S/C16H17NO3/c1-17(16(18)12-7-5-4-6-8-12)13-9-10-14(19-2)15(11-13)20-3/h4-11H,1-3H3. The number of carbonyl (C=O) groups is 1. The van der Waals surface area contributed by atoms with Gasteiger partial charge >= 0.3 is 0 Å². The summed E-state index contributed by atoms with van der Waals surface area (Å²) in [5.41, 5.74) is 1.39. The molecule has 0 atom stereocenters. The molecule has 4 nitrogen and oxygen atoms in total. The Hall–Kier alpha value is -2.49. The van der Waals surface area contributed by atoms with Gasteiger partial charge in [-0.25, -0.2) is 0 Å². The second kappa shape index (κ2) is 6.10. The maximum Gasteiger partial charge on any atom is 0.258 e. The molecule has 0 aliphatic carbocycles. The summed E-state index contributed by atoms with van der Waals surface area (Å²) < 4.78 is 10.4. The molecule has 4 heteroatoms. The highest BCUT2D eigenvalue weighted by atomic mass is 16.5. The van der Waals surface area contributed by atoms with Crippen LogP contribution in [0.15, 0.2) is 48.5 Å². The molecule has 0 aliphatic rings. The van der Waals surface area contributed by atoms with Crippen LogP contribution in [0.5, 0.6) is 11.5 Å². The van der Waals surface area contributed by atoms with Gasteiger partial charge in [0.05, 0.1) is 14.2 Å². The van der Waals surface area contributed by atoms with Gasteiger partial charge in [-0.2, -0.15) is 0 Å². The number of anilines is 1. The lowest BCUT2D eigenvalue weighted by atomic mass is 10.2. The average Bonchev–Trinajstić information content (AvgIpc) is 2.53. The topological polar surface area (TPSA) is 38.8 Å². The Morgan fingerprint density at radius 3 is 2.20 bits per heavy atom. The van der Waals surface area contributed by atoms with E-state index < -0.39 is 0 Å². The van der Waals surface area contributed by atoms with E-state index in [1.54, 1.807) is 50.4 Å². The zero-order chi connectivity index (χ0) is 14.5. The first-order valence-electron chi connectivity index (χ1n) is 6.22. The van der Waals surface area contributed by atoms with Gasteiger partial charge in [0.1, 0.15) is 0 Å². The number of methoxy groups -OCH3 is 2. The number of carbonyl (C=O) groups excluding carboxylic acids is 1. The van der Waals surface area contributed by atoms with E-state index >= 15 is 0 Å². The summed E-state index contributed by atoms with van der Waals surface area (Å²) in [5, 5.41) is 0. The second-order valence-corrected chi connectivity index (χ2v) is 4.27. The maximum absolute atomic E-state index is 12.4. The number of hydrogen-bond acceptors (Lipinski definition) is 3. The van der Waals surface area contributed by atoms with Crippen molar-refractivity contribution in [1.82, 2.24) is 0 Å². The molecule has 0 spiro atoms. The molecule has 0 heterocycles. The first kappa shape index (κ1) is 13.9. The molecule has 1 amide bonds. The number of rotatable bonds is 4. The third-order valence-corrected chi connectivity index (χ3v) is 3.08. The molecule has 0 saturated heterocycles. The van der Waals surface area contributed by atoms with Gasteiger partial charge in [0.25, 0.3) is 5.91 Å². The van der Waals surface area contributed by atoms with Crippen molar-refractivity contribution in [2.24, 2.45) is 0 Å². The van der Waals surface area contributed by atoms with E-state index in [2.05, 4.69) is 0 Å². The van der Waals surface area contributed by atoms with Crippen molar-refractivity contribution in [1.29, 1.82) is 0 Å². The molecule has 0 N–H and O–H groups in total. The summed E-state index contributed by atoms with van der Waals surface area (Å²) in [6.45, 7) is 0. The first-order valence-corrected chi connectivity index (χ1v) is 6.22. The van der Waals surface area contributed by atoms with Gasteiger partial charge in [-0.05, 0) is 24.3 Å². The first-order chi connectivity index (χ1) is 9.67. The van der Waals surface area contributed by atoms with Crippen molar-refractivity contribution in [3.05, 3.63) is 54.1 Å². The summed E-state index contributed by atoms with van der Waals surface area (Å²) in [5.74, 6) is 1.16. The minimum atomic E-state index is -0.0715. The van der Waals surface area contributed by atoms with Gasteiger partial charge in [0.2, 0.25) is 0 Å². The molecule has 2 rings (SSSR count). The van der Waals surface area contributed by atoms with Crippen LogP contribution in [0.4, 0.5) is 5.69 Å². The molecule has 0 bridgehead atoms. The van der Waals surface area contributed by atoms with Crippen LogP contribution in [0.25, 0.3) is 0 Å². The minimum Gasteiger partial charge on any atom is -0.493 e. The SMILES string of the molecule is COc1ccc(N(C)C(=O)c2ccccc2)cc1OC. The molecule has 0 saturated carbocycles. The monoisotopic (exact) mass is 271 g/mol. The molecule has 2 aromatic rings. The van der Waals surface area contributed by atoms with Crippen LogP contribution in [-0.2, 0) is 0 Å². The van der Waals surface area contributed by atoms with Crippen molar-refractivity contribution < 1.29 is 14.3 Å². The third-order valence-electron chi connectivity index (χ3n) is 3.08. The van der Waals surface area contributed by atoms with E-state index in [0.717, 1.165) is 5.69 Å². The Balaban J connectivity index is 2.29. The molecule has 0 radical (unpaired) electrons. The van der Waals surface area contributed by atoms with E-state index in [1.165, 1.54) is 0 Å². The predicted octanol–water partition coefficient (Wildman–Crippen LogP) is 2.98. The van der Waals surface area contributed by atoms with Crippen LogP contribution in [-0.4, -0.2) is 27.2 Å². The van der Waals surface area contributed by atoms with Gasteiger partial charge in [-0.3, -0.25) is 4.79 Å². The minimum absolute atomic E-state index is 0.0715. The molecular weight excluding hydrogens is 254 g/mol. The van der Waals surface area contributed by atoms with E-state index in [9.17, 15) is 4.79 Å². The third kappa shape index (κ3) is 2.74. The Morgan fingerprint density at radius 1 is 0.950 bits per heavy atom. The molecule has 20 heavy (non-hydrogen) atoms. The average molecular weight is 271 g/mol. The number of amides is 1. The fourth-order valence-corrected chi connectivity index (χ4v) is 1.93. The fraction of sp³-hybridized carbons (Fsp3) is 0.188. The van der Waals surface area contributed by atoms with E-state index in [4.69, 9.17) is 9.47 Å². The molecule has 104 valence electrons. The van der Waals surface area contributed by atoms with Gasteiger partial charge in [-0.15, -0.1) is 0 Å². The molecule has 0 unspecified atom stereocenters. The summed E-state index contributed by atoms with van der Waals surface area (Å²) in [6.07, 6.45) is 0. The zero-order valence-corrected chi connectivity index (χ0v) is 11.8. The zero-order valence-electron chi connectivity index (χ0n) is 11.8. The number of hydrogen-bond donors (Lipinski definition) is 0. The molecule has 2 aromatic carbocycles. The van der Waals surface area contributed by atoms with Crippen LogP contribution in [0.2, 0.25) is 0 Å². The quantitative estimate of drug-likeness (QED) is 0.858. The number of benzene rings is 2. The number of ether oxygens (including phenoxy) is 2. The molecular formula is C16H17NO3. The van der Waals surface area contributed by atoms with Crippen LogP contribution in [0, 0.1) is 0 Å². The van der Waals surface area contributed by atoms with Gasteiger partial charge in [0, 0.05) is 24.4 Å². The predicted molar refractivity (Wildman–Crippen MR) is 78.7 cm³/mol. The van der Waals surface area contributed by atoms with Crippen molar-refractivity contribution in [3.8, 4) is 11.5 Å². The van der Waals surface area contributed by atoms with Crippen molar-refractivity contribution >= 4 is 11.6 Å². The fourth-order valence-electron chi connectivity index (χ4n) is 1.93. The molecule has 0 fully saturated rings. The van der Waals surface area contributed by atoms with Crippen LogP contribution in [0.3, 0.4) is 0 Å². The largest absolute Gasteiger partial charge is 0.493 e. The van der Waals surface area contributed by atoms with Crippen LogP contribution in [0.1, 0.15) is 10.4 Å². The van der Waals surface area contributed by atoms with Crippen LogP contribution < -0.4 is 14.4 Å². The van der Waals surface area contributed by atoms with E-state index in [1.807, 2.05) is 24.3 Å². The van der Waals surface area contributed by atoms with E-state index in [-0.39, 0.29) is 5.91 Å². The Bertz CT molecular complexity index is 596. The van der Waals surface area contributed by atoms with Crippen molar-refractivity contribution in [3.63, 3.8) is 0 Å². The van der Waals surface area contributed by atoms with Crippen LogP contribution >= 0.6 is 0 Å². The van der Waals surface area contributed by atoms with E-state index in [0.29, 0.717) is 17.1 Å². The molecule has 0 aliphatic heterocycles. The highest BCUT2D eigenvalue weighted by Gasteiger charge is 2.15. The number of nitrogens with zero attached hydrogens (tertiary/aromatic N) is 1. The summed E-state index contributed by atoms with van der Waals surface area (Å²) in [7, 11) is 4.88. The van der Waals surface area contributed by atoms with Gasteiger partial charge in [0.15, 0.2) is 11.5 Å². The van der Waals surface area contributed by atoms with Crippen molar-refractivity contribution in [2.75, 3.05) is 26.2 Å². The Kier molecular flexibility index (Phi) is 4.25. The highest BCUT2D eigenvalue weighted by molar-refractivity contribution is 6.05. The summed E-state index contributed by atoms with van der Waals surface area (Å²) in [4.78, 5) is 13.9. The summed E-state index contributed by atoms with van der Waals surface area (Å²) in [6, 6.07) is 14.5. The lowest BCUT2D eigenvalue weighted by molar-refractivity contribution is 0.0993. The lowest BCUT2D eigenvalue weighted by Gasteiger charge is -2.19. The Labute approximate surface area is 118 Å². The smallest absolute Gasteiger partial charge is 0.258 e. The summed E-state index contributed by atoms with van der Waals surface area (Å²) >= 11 is 0. The molecule has 0 aromatic heterocycles. The van der Waals surface area contributed by atoms with Crippen molar-refractivity contribution in [2.45, 2.75) is 0 Å². The highest BCUT2D eigenvalue weighted by Crippen LogP contribution is 2.31. The normalized spacial score (nSPS) is 9.95. The maximum atomic E-state index is 12.4.